The first-order valence-electron chi connectivity index (χ1n) is 14.2. The molecule has 8 heteroatoms. The number of nitrogens with two attached hydrogens (primary N) is 1. The number of amides is 3. The molecule has 40 heavy (non-hydrogen) atoms. The molecule has 210 valence electrons. The van der Waals surface area contributed by atoms with E-state index in [1.807, 2.05) is 50.3 Å². The molecule has 0 spiro atoms. The van der Waals surface area contributed by atoms with Gasteiger partial charge in [-0.2, -0.15) is 0 Å². The molecule has 0 radical (unpaired) electrons. The lowest BCUT2D eigenvalue weighted by molar-refractivity contribution is -0.141. The van der Waals surface area contributed by atoms with Crippen LogP contribution in [0.3, 0.4) is 0 Å². The second-order valence-corrected chi connectivity index (χ2v) is 11.7. The Bertz CT molecular complexity index is 1360. The number of rotatable bonds is 10. The van der Waals surface area contributed by atoms with E-state index in [9.17, 15) is 14.4 Å². The number of benzodiazepines with no additional fused rings is 1. The molecule has 1 heterocycles. The van der Waals surface area contributed by atoms with Crippen LogP contribution in [0.1, 0.15) is 63.5 Å². The van der Waals surface area contributed by atoms with Crippen LogP contribution in [0.2, 0.25) is 0 Å². The number of hydrogen-bond donors (Lipinski definition) is 2. The van der Waals surface area contributed by atoms with Crippen LogP contribution in [0.5, 0.6) is 0 Å². The standard InChI is InChI=1S/C32H37FN4O3/c1-20(2)19-24(32(31(34)40)16-7-8-17-32)29(38)36-28-30(39)37(18-15-21-13-14-21)26-12-6-4-10-23(26)27(35-28)22-9-3-5-11-25(22)33/h3-12,20-21,24,28H,13-19H2,1-2H3,(H2,34,40)(H,36,38). The summed E-state index contributed by atoms with van der Waals surface area (Å²) in [5.41, 5.74) is 6.65. The molecule has 1 aliphatic heterocycles. The molecule has 3 aliphatic rings. The maximum Gasteiger partial charge on any atom is 0.272 e. The minimum atomic E-state index is -1.29. The monoisotopic (exact) mass is 544 g/mol. The molecule has 0 aromatic heterocycles. The summed E-state index contributed by atoms with van der Waals surface area (Å²) in [5.74, 6) is -1.89. The zero-order chi connectivity index (χ0) is 28.4. The molecule has 0 bridgehead atoms. The molecule has 2 atom stereocenters. The smallest absolute Gasteiger partial charge is 0.272 e. The van der Waals surface area contributed by atoms with Gasteiger partial charge in [0, 0.05) is 17.7 Å². The summed E-state index contributed by atoms with van der Waals surface area (Å²) in [6, 6.07) is 13.7. The van der Waals surface area contributed by atoms with Crippen molar-refractivity contribution in [2.45, 2.75) is 58.5 Å². The van der Waals surface area contributed by atoms with Crippen molar-refractivity contribution in [3.8, 4) is 0 Å². The van der Waals surface area contributed by atoms with Crippen LogP contribution in [0.25, 0.3) is 0 Å². The number of nitrogens with zero attached hydrogens (tertiary/aromatic N) is 2. The predicted molar refractivity (Wildman–Crippen MR) is 153 cm³/mol. The zero-order valence-corrected chi connectivity index (χ0v) is 23.1. The van der Waals surface area contributed by atoms with Crippen LogP contribution in [0.15, 0.2) is 65.7 Å². The van der Waals surface area contributed by atoms with E-state index in [2.05, 4.69) is 5.32 Å². The largest absolute Gasteiger partial charge is 0.369 e. The average Bonchev–Trinajstić information content (AvgIpc) is 3.64. The number of hydrogen-bond acceptors (Lipinski definition) is 4. The van der Waals surface area contributed by atoms with Gasteiger partial charge in [-0.05, 0) is 55.7 Å². The van der Waals surface area contributed by atoms with Crippen molar-refractivity contribution >= 4 is 29.1 Å². The van der Waals surface area contributed by atoms with E-state index in [1.54, 1.807) is 23.1 Å². The highest BCUT2D eigenvalue weighted by molar-refractivity contribution is 6.20. The minimum Gasteiger partial charge on any atom is -0.369 e. The SMILES string of the molecule is CC(C)CC(C(=O)NC1N=C(c2ccccc2F)c2ccccc2N(CCC2CC2)C1=O)C1(C(N)=O)CC=CC1. The summed E-state index contributed by atoms with van der Waals surface area (Å²) < 4.78 is 15.1. The summed E-state index contributed by atoms with van der Waals surface area (Å²) in [6.07, 6.45) is 6.75. The lowest BCUT2D eigenvalue weighted by Crippen LogP contribution is -2.54. The number of carbonyl (C=O) groups is 3. The van der Waals surface area contributed by atoms with Gasteiger partial charge in [0.05, 0.1) is 22.7 Å². The number of primary amides is 1. The fraction of sp³-hybridized carbons (Fsp3) is 0.438. The first-order chi connectivity index (χ1) is 19.2. The Hall–Kier alpha value is -3.81. The number of nitrogens with one attached hydrogen (secondary N) is 1. The highest BCUT2D eigenvalue weighted by Crippen LogP contribution is 2.44. The van der Waals surface area contributed by atoms with Crippen molar-refractivity contribution in [3.63, 3.8) is 0 Å². The number of fused-ring (bicyclic) bond motifs is 1. The zero-order valence-electron chi connectivity index (χ0n) is 23.1. The molecule has 2 aromatic rings. The van der Waals surface area contributed by atoms with E-state index < -0.39 is 35.1 Å². The molecule has 3 N–H and O–H groups in total. The van der Waals surface area contributed by atoms with Gasteiger partial charge in [0.25, 0.3) is 5.91 Å². The van der Waals surface area contributed by atoms with Gasteiger partial charge in [0.15, 0.2) is 0 Å². The summed E-state index contributed by atoms with van der Waals surface area (Å²) >= 11 is 0. The van der Waals surface area contributed by atoms with Gasteiger partial charge in [0.2, 0.25) is 18.0 Å². The van der Waals surface area contributed by atoms with E-state index in [-0.39, 0.29) is 17.4 Å². The normalized spacial score (nSPS) is 20.6. The Morgan fingerprint density at radius 2 is 1.73 bits per heavy atom. The van der Waals surface area contributed by atoms with Crippen molar-refractivity contribution in [3.05, 3.63) is 77.6 Å². The maximum absolute atomic E-state index is 15.1. The molecule has 7 nitrogen and oxygen atoms in total. The quantitative estimate of drug-likeness (QED) is 0.422. The average molecular weight is 545 g/mol. The first-order valence-corrected chi connectivity index (χ1v) is 14.2. The van der Waals surface area contributed by atoms with Gasteiger partial charge < -0.3 is 16.0 Å². The molecule has 2 unspecified atom stereocenters. The van der Waals surface area contributed by atoms with Crippen LogP contribution in [0.4, 0.5) is 10.1 Å². The molecule has 0 saturated heterocycles. The fourth-order valence-corrected chi connectivity index (χ4v) is 5.96. The second-order valence-electron chi connectivity index (χ2n) is 11.7. The lowest BCUT2D eigenvalue weighted by atomic mass is 9.69. The number of para-hydroxylation sites is 1. The fourth-order valence-electron chi connectivity index (χ4n) is 5.96. The summed E-state index contributed by atoms with van der Waals surface area (Å²) in [6.45, 7) is 4.44. The molecule has 3 amide bonds. The Kier molecular flexibility index (Phi) is 7.88. The second kappa shape index (κ2) is 11.4. The molecule has 2 aromatic carbocycles. The summed E-state index contributed by atoms with van der Waals surface area (Å²) in [7, 11) is 0. The minimum absolute atomic E-state index is 0.106. The van der Waals surface area contributed by atoms with Gasteiger partial charge in [-0.3, -0.25) is 14.4 Å². The Balaban J connectivity index is 1.57. The Labute approximate surface area is 234 Å². The molecular formula is C32H37FN4O3. The van der Waals surface area contributed by atoms with Crippen molar-refractivity contribution in [2.24, 2.45) is 33.9 Å². The molecule has 2 aliphatic carbocycles. The van der Waals surface area contributed by atoms with E-state index in [4.69, 9.17) is 10.7 Å². The van der Waals surface area contributed by atoms with Crippen LogP contribution in [0, 0.1) is 29.0 Å². The number of anilines is 1. The van der Waals surface area contributed by atoms with Crippen molar-refractivity contribution in [1.29, 1.82) is 0 Å². The van der Waals surface area contributed by atoms with E-state index in [1.165, 1.54) is 6.07 Å². The summed E-state index contributed by atoms with van der Waals surface area (Å²) in [4.78, 5) is 47.3. The van der Waals surface area contributed by atoms with E-state index in [0.717, 1.165) is 19.3 Å². The van der Waals surface area contributed by atoms with Crippen LogP contribution in [-0.4, -0.2) is 36.1 Å². The first kappa shape index (κ1) is 27.7. The Morgan fingerprint density at radius 1 is 1.07 bits per heavy atom. The number of halogens is 1. The number of carbonyl (C=O) groups excluding carboxylic acids is 3. The van der Waals surface area contributed by atoms with Crippen LogP contribution < -0.4 is 16.0 Å². The predicted octanol–water partition coefficient (Wildman–Crippen LogP) is 4.74. The van der Waals surface area contributed by atoms with Gasteiger partial charge in [-0.25, -0.2) is 9.38 Å². The van der Waals surface area contributed by atoms with Gasteiger partial charge >= 0.3 is 0 Å². The lowest BCUT2D eigenvalue weighted by Gasteiger charge is -2.35. The highest BCUT2D eigenvalue weighted by atomic mass is 19.1. The summed E-state index contributed by atoms with van der Waals surface area (Å²) in [5, 5.41) is 2.88. The molecule has 1 saturated carbocycles. The highest BCUT2D eigenvalue weighted by Gasteiger charge is 2.49. The van der Waals surface area contributed by atoms with Crippen molar-refractivity contribution in [2.75, 3.05) is 11.4 Å². The van der Waals surface area contributed by atoms with Crippen molar-refractivity contribution in [1.82, 2.24) is 5.32 Å². The molecular weight excluding hydrogens is 507 g/mol. The number of benzene rings is 2. The van der Waals surface area contributed by atoms with Crippen LogP contribution >= 0.6 is 0 Å². The number of allylic oxidation sites excluding steroid dienone is 2. The topological polar surface area (TPSA) is 105 Å². The van der Waals surface area contributed by atoms with E-state index >= 15 is 4.39 Å². The third kappa shape index (κ3) is 5.44. The molecule has 5 rings (SSSR count). The van der Waals surface area contributed by atoms with Gasteiger partial charge in [-0.15, -0.1) is 0 Å². The van der Waals surface area contributed by atoms with Crippen molar-refractivity contribution < 1.29 is 18.8 Å². The molecule has 1 fully saturated rings. The van der Waals surface area contributed by atoms with Gasteiger partial charge in [-0.1, -0.05) is 69.2 Å². The third-order valence-corrected chi connectivity index (χ3v) is 8.39. The third-order valence-electron chi connectivity index (χ3n) is 8.39. The number of aliphatic imine (C=N–C) groups is 1. The Morgan fingerprint density at radius 3 is 2.35 bits per heavy atom. The maximum atomic E-state index is 15.1. The van der Waals surface area contributed by atoms with Gasteiger partial charge in [0.1, 0.15) is 5.82 Å². The van der Waals surface area contributed by atoms with Crippen LogP contribution in [-0.2, 0) is 14.4 Å². The van der Waals surface area contributed by atoms with E-state index in [0.29, 0.717) is 48.7 Å².